The minimum Gasteiger partial charge on any atom is -0.495 e. The third-order valence-corrected chi connectivity index (χ3v) is 7.07. The monoisotopic (exact) mass is 464 g/mol. The first-order chi connectivity index (χ1) is 16.6. The van der Waals surface area contributed by atoms with Crippen LogP contribution in [0.4, 0.5) is 5.82 Å². The lowest BCUT2D eigenvalue weighted by atomic mass is 9.84. The molecule has 0 spiro atoms. The molecule has 0 unspecified atom stereocenters. The summed E-state index contributed by atoms with van der Waals surface area (Å²) in [6.45, 7) is 4.16. The van der Waals surface area contributed by atoms with Crippen molar-refractivity contribution < 1.29 is 14.3 Å². The summed E-state index contributed by atoms with van der Waals surface area (Å²) in [5.41, 5.74) is 2.14. The average Bonchev–Trinajstić information content (AvgIpc) is 2.89. The van der Waals surface area contributed by atoms with Crippen LogP contribution in [0.5, 0.6) is 5.75 Å². The van der Waals surface area contributed by atoms with Crippen LogP contribution < -0.4 is 20.3 Å². The second-order valence-corrected chi connectivity index (χ2v) is 9.34. The molecular weight excluding hydrogens is 428 g/mol. The highest BCUT2D eigenvalue weighted by molar-refractivity contribution is 5.81. The maximum atomic E-state index is 13.0. The second-order valence-electron chi connectivity index (χ2n) is 9.34. The van der Waals surface area contributed by atoms with Gasteiger partial charge in [-0.1, -0.05) is 36.8 Å². The lowest BCUT2D eigenvalue weighted by Gasteiger charge is -2.35. The van der Waals surface area contributed by atoms with Gasteiger partial charge in [0.1, 0.15) is 11.6 Å². The fraction of sp³-hybridized carbons (Fsp3) is 0.519. The largest absolute Gasteiger partial charge is 0.495 e. The van der Waals surface area contributed by atoms with Crippen LogP contribution in [0.2, 0.25) is 0 Å². The maximum Gasteiger partial charge on any atom is 0.223 e. The van der Waals surface area contributed by atoms with Crippen LogP contribution in [-0.2, 0) is 9.59 Å². The summed E-state index contributed by atoms with van der Waals surface area (Å²) in [6.07, 6.45) is 6.93. The molecule has 0 bridgehead atoms. The number of carbonyl (C=O) groups excluding carboxylic acids is 2. The zero-order valence-electron chi connectivity index (χ0n) is 20.3. The lowest BCUT2D eigenvalue weighted by Crippen LogP contribution is -2.46. The highest BCUT2D eigenvalue weighted by Gasteiger charge is 2.31. The Kier molecular flexibility index (Phi) is 8.03. The van der Waals surface area contributed by atoms with E-state index >= 15 is 0 Å². The number of piperidine rings is 1. The van der Waals surface area contributed by atoms with Crippen LogP contribution in [0, 0.1) is 11.8 Å². The third-order valence-electron chi connectivity index (χ3n) is 7.07. The van der Waals surface area contributed by atoms with Crippen molar-refractivity contribution in [3.8, 4) is 16.9 Å². The number of nitrogens with zero attached hydrogens (tertiary/aromatic N) is 2. The Labute approximate surface area is 202 Å². The molecule has 1 saturated carbocycles. The Balaban J connectivity index is 1.36. The number of pyridine rings is 1. The number of hydrogen-bond donors (Lipinski definition) is 2. The summed E-state index contributed by atoms with van der Waals surface area (Å²) in [5, 5.41) is 6.18. The fourth-order valence-electron chi connectivity index (χ4n) is 5.18. The van der Waals surface area contributed by atoms with E-state index in [1.807, 2.05) is 31.2 Å². The molecule has 2 aliphatic rings. The smallest absolute Gasteiger partial charge is 0.223 e. The molecule has 0 radical (unpaired) electrons. The molecule has 2 N–H and O–H groups in total. The highest BCUT2D eigenvalue weighted by atomic mass is 16.5. The van der Waals surface area contributed by atoms with Gasteiger partial charge >= 0.3 is 0 Å². The molecule has 1 aromatic heterocycles. The van der Waals surface area contributed by atoms with Gasteiger partial charge in [0.2, 0.25) is 11.8 Å². The van der Waals surface area contributed by atoms with Crippen molar-refractivity contribution in [2.24, 2.45) is 11.8 Å². The van der Waals surface area contributed by atoms with Crippen molar-refractivity contribution >= 4 is 17.6 Å². The van der Waals surface area contributed by atoms with Crippen molar-refractivity contribution in [3.63, 3.8) is 0 Å². The Morgan fingerprint density at radius 2 is 1.82 bits per heavy atom. The minimum absolute atomic E-state index is 0.000446. The van der Waals surface area contributed by atoms with E-state index < -0.39 is 0 Å². The fourth-order valence-corrected chi connectivity index (χ4v) is 5.18. The van der Waals surface area contributed by atoms with Crippen LogP contribution in [-0.4, -0.2) is 49.6 Å². The predicted molar refractivity (Wildman–Crippen MR) is 134 cm³/mol. The molecule has 1 aliphatic carbocycles. The Morgan fingerprint density at radius 1 is 1.06 bits per heavy atom. The Hall–Kier alpha value is -3.09. The number of rotatable bonds is 7. The van der Waals surface area contributed by atoms with Crippen molar-refractivity contribution in [1.82, 2.24) is 15.6 Å². The van der Waals surface area contributed by atoms with Gasteiger partial charge in [0.15, 0.2) is 0 Å². The highest BCUT2D eigenvalue weighted by Crippen LogP contribution is 2.34. The molecule has 2 fully saturated rings. The van der Waals surface area contributed by atoms with Gasteiger partial charge in [-0.2, -0.15) is 0 Å². The van der Waals surface area contributed by atoms with Crippen molar-refractivity contribution in [3.05, 3.63) is 42.6 Å². The Bertz CT molecular complexity index is 973. The van der Waals surface area contributed by atoms with Crippen LogP contribution in [0.1, 0.15) is 45.4 Å². The standard InChI is InChI=1S/C27H36N4O3/c1-3-28-26(32)21-10-7-11-22(16-21)30-27(33)20-12-14-31(15-13-20)25-24(17-23(34-2)18-29-25)19-8-5-4-6-9-19/h4-6,8-9,17-18,20-22H,3,7,10-16H2,1-2H3,(H,28,32)(H,30,33)/t21-,22-/m0/s1. The SMILES string of the molecule is CCNC(=O)[C@H]1CCC[C@H](NC(=O)C2CCN(c3ncc(OC)cc3-c3ccccc3)CC2)C1. The van der Waals surface area contributed by atoms with Gasteiger partial charge in [-0.25, -0.2) is 4.98 Å². The van der Waals surface area contributed by atoms with Gasteiger partial charge in [-0.05, 0) is 50.7 Å². The molecule has 1 aromatic carbocycles. The van der Waals surface area contributed by atoms with Crippen molar-refractivity contribution in [1.29, 1.82) is 0 Å². The van der Waals surface area contributed by atoms with Gasteiger partial charge in [-0.15, -0.1) is 0 Å². The molecule has 4 rings (SSSR count). The molecule has 2 aromatic rings. The van der Waals surface area contributed by atoms with E-state index in [1.165, 1.54) is 0 Å². The normalized spacial score (nSPS) is 21.1. The molecule has 2 atom stereocenters. The van der Waals surface area contributed by atoms with Gasteiger partial charge in [0.05, 0.1) is 13.3 Å². The molecule has 1 aliphatic heterocycles. The van der Waals surface area contributed by atoms with Crippen LogP contribution in [0.25, 0.3) is 11.1 Å². The summed E-state index contributed by atoms with van der Waals surface area (Å²) in [5.74, 6) is 1.93. The number of methoxy groups -OCH3 is 1. The predicted octanol–water partition coefficient (Wildman–Crippen LogP) is 3.78. The zero-order chi connectivity index (χ0) is 23.9. The quantitative estimate of drug-likeness (QED) is 0.652. The van der Waals surface area contributed by atoms with E-state index in [1.54, 1.807) is 13.3 Å². The summed E-state index contributed by atoms with van der Waals surface area (Å²) >= 11 is 0. The van der Waals surface area contributed by atoms with E-state index in [2.05, 4.69) is 27.7 Å². The Morgan fingerprint density at radius 3 is 2.53 bits per heavy atom. The van der Waals surface area contributed by atoms with Gasteiger partial charge in [0, 0.05) is 43.1 Å². The first kappa shape index (κ1) is 24.0. The van der Waals surface area contributed by atoms with E-state index in [4.69, 9.17) is 9.72 Å². The first-order valence-electron chi connectivity index (χ1n) is 12.5. The molecular formula is C27H36N4O3. The number of benzene rings is 1. The zero-order valence-corrected chi connectivity index (χ0v) is 20.3. The summed E-state index contributed by atoms with van der Waals surface area (Å²) in [4.78, 5) is 32.2. The number of anilines is 1. The van der Waals surface area contributed by atoms with Crippen molar-refractivity contribution in [2.45, 2.75) is 51.5 Å². The molecule has 7 heteroatoms. The van der Waals surface area contributed by atoms with E-state index in [9.17, 15) is 9.59 Å². The number of nitrogens with one attached hydrogen (secondary N) is 2. The molecule has 2 amide bonds. The second kappa shape index (κ2) is 11.4. The lowest BCUT2D eigenvalue weighted by molar-refractivity contribution is -0.129. The summed E-state index contributed by atoms with van der Waals surface area (Å²) < 4.78 is 5.42. The molecule has 2 heterocycles. The summed E-state index contributed by atoms with van der Waals surface area (Å²) in [7, 11) is 1.65. The average molecular weight is 465 g/mol. The number of ether oxygens (including phenoxy) is 1. The number of aromatic nitrogens is 1. The number of carbonyl (C=O) groups is 2. The van der Waals surface area contributed by atoms with Crippen LogP contribution in [0.15, 0.2) is 42.6 Å². The first-order valence-corrected chi connectivity index (χ1v) is 12.5. The van der Waals surface area contributed by atoms with Gasteiger partial charge in [-0.3, -0.25) is 9.59 Å². The van der Waals surface area contributed by atoms with E-state index in [0.29, 0.717) is 6.54 Å². The van der Waals surface area contributed by atoms with Gasteiger partial charge in [0.25, 0.3) is 0 Å². The summed E-state index contributed by atoms with van der Waals surface area (Å²) in [6, 6.07) is 12.3. The van der Waals surface area contributed by atoms with Crippen LogP contribution >= 0.6 is 0 Å². The van der Waals surface area contributed by atoms with Crippen molar-refractivity contribution in [2.75, 3.05) is 31.6 Å². The van der Waals surface area contributed by atoms with Crippen LogP contribution in [0.3, 0.4) is 0 Å². The topological polar surface area (TPSA) is 83.6 Å². The maximum absolute atomic E-state index is 13.0. The van der Waals surface area contributed by atoms with E-state index in [0.717, 1.165) is 74.3 Å². The minimum atomic E-state index is -0.000446. The number of hydrogen-bond acceptors (Lipinski definition) is 5. The number of amides is 2. The molecule has 182 valence electrons. The van der Waals surface area contributed by atoms with E-state index in [-0.39, 0.29) is 29.7 Å². The van der Waals surface area contributed by atoms with Gasteiger partial charge < -0.3 is 20.3 Å². The third kappa shape index (κ3) is 5.69. The molecule has 7 nitrogen and oxygen atoms in total. The molecule has 34 heavy (non-hydrogen) atoms. The molecule has 1 saturated heterocycles.